The van der Waals surface area contributed by atoms with Crippen LogP contribution in [0.2, 0.25) is 19.6 Å². The van der Waals surface area contributed by atoms with Gasteiger partial charge in [0.2, 0.25) is 0 Å². The molecule has 0 amide bonds. The Hall–Kier alpha value is -9.98. The fourth-order valence-corrected chi connectivity index (χ4v) is 10.2. The molecule has 0 aliphatic carbocycles. The second-order valence-corrected chi connectivity index (χ2v) is 34.2. The fourth-order valence-electron chi connectivity index (χ4n) is 9.68. The highest BCUT2D eigenvalue weighted by molar-refractivity contribution is 6.83. The third-order valence-electron chi connectivity index (χ3n) is 14.7. The molecule has 492 valence electrons. The Morgan fingerprint density at radius 3 is 1.07 bits per heavy atom. The van der Waals surface area contributed by atoms with Gasteiger partial charge in [0.1, 0.15) is 37.0 Å². The van der Waals surface area contributed by atoms with E-state index in [2.05, 4.69) is 161 Å². The number of nitrogens with zero attached hydrogens (tertiary/aromatic N) is 2. The summed E-state index contributed by atoms with van der Waals surface area (Å²) in [4.78, 5) is 4.18. The molecule has 0 aliphatic heterocycles. The molecule has 7 nitrogen and oxygen atoms in total. The molecular formula is C83H93F4N7Si. The minimum atomic E-state index is -1.31. The minimum Gasteiger partial charge on any atom is -0.398 e. The molecule has 95 heavy (non-hydrogen) atoms. The Morgan fingerprint density at radius 1 is 0.358 bits per heavy atom. The number of halogens is 4. The maximum Gasteiger partial charge on any atom is 0.133 e. The second-order valence-electron chi connectivity index (χ2n) is 29.4. The van der Waals surface area contributed by atoms with Crippen molar-refractivity contribution in [1.29, 1.82) is 5.26 Å². The molecule has 0 radical (unpaired) electrons. The standard InChI is InChI=1S/C18H18FN.C17H17FN2.C17H18N2.C16H17F2N.C15H23NSi/c1-18(2,3)16-12-14(8-11-17(16)20)5-4-13-6-9-15(19)10-7-13;1-17(2,3)15-9-14(12(10-19)8-16(15)20)11-4-6-13(18)7-5-11;1-17(2,3)15-12-13(8-10-16(15)18)7-9-14-6-4-5-11-19-14;1-16(2,3)13-8-12(14(18)9-15(13)19)10-4-6-11(17)7-5-10;1-15(2,3)13-11-12(7-8-14(13)16)9-10-17(4,5)6/h6-12H,20H2,1-3H3;4-9H,20H2,1-3H3;4-6,8,10-12H,18H2,1-3H3;4-9H,19H2,1-3H3;7-8,11H,16H2,1-6H3. The van der Waals surface area contributed by atoms with Crippen LogP contribution in [0.5, 0.6) is 0 Å². The summed E-state index contributed by atoms with van der Waals surface area (Å²) in [5.74, 6) is 14.3. The maximum absolute atomic E-state index is 14.0. The third kappa shape index (κ3) is 23.5. The van der Waals surface area contributed by atoms with Crippen molar-refractivity contribution in [2.45, 2.75) is 151 Å². The van der Waals surface area contributed by atoms with Crippen molar-refractivity contribution < 1.29 is 17.6 Å². The lowest BCUT2D eigenvalue weighted by Gasteiger charge is -2.23. The van der Waals surface area contributed by atoms with Crippen molar-refractivity contribution in [1.82, 2.24) is 4.98 Å². The number of anilines is 5. The van der Waals surface area contributed by atoms with Crippen LogP contribution in [0, 0.1) is 69.7 Å². The monoisotopic (exact) mass is 1290 g/mol. The van der Waals surface area contributed by atoms with Crippen molar-refractivity contribution in [3.63, 3.8) is 0 Å². The van der Waals surface area contributed by atoms with Crippen LogP contribution in [0.3, 0.4) is 0 Å². The zero-order chi connectivity index (χ0) is 71.0. The first kappa shape index (κ1) is 75.7. The molecule has 0 saturated carbocycles. The first-order valence-corrected chi connectivity index (χ1v) is 34.9. The van der Waals surface area contributed by atoms with Gasteiger partial charge in [-0.25, -0.2) is 22.5 Å². The number of nitrogen functional groups attached to an aromatic ring is 5. The van der Waals surface area contributed by atoms with Crippen molar-refractivity contribution in [3.05, 3.63) is 261 Å². The van der Waals surface area contributed by atoms with Crippen molar-refractivity contribution in [2.75, 3.05) is 28.7 Å². The minimum absolute atomic E-state index is 0.0162. The van der Waals surface area contributed by atoms with E-state index in [4.69, 9.17) is 28.7 Å². The number of nitriles is 1. The molecule has 9 aromatic rings. The van der Waals surface area contributed by atoms with E-state index in [-0.39, 0.29) is 44.5 Å². The number of pyridine rings is 1. The molecule has 9 rings (SSSR count). The Morgan fingerprint density at radius 2 is 0.695 bits per heavy atom. The zero-order valence-corrected chi connectivity index (χ0v) is 59.5. The van der Waals surface area contributed by atoms with Crippen LogP contribution in [0.1, 0.15) is 165 Å². The SMILES string of the molecule is CC(C)(C)c1cc(-c2ccc(F)cc2)c(C#N)cc1N.CC(C)(C)c1cc(-c2ccc(F)cc2)c(F)cc1N.CC(C)(C)c1cc(C#C[Si](C)(C)C)ccc1N.CC(C)(C)c1cc(C#Cc2ccc(F)cc2)ccc1N.CC(C)(C)c1cc(C#Cc2ccccn2)ccc1N. The Labute approximate surface area is 564 Å². The van der Waals surface area contributed by atoms with Gasteiger partial charge in [0.25, 0.3) is 0 Å². The fraction of sp³-hybridized carbons (Fsp3) is 0.277. The van der Waals surface area contributed by atoms with Gasteiger partial charge in [0.05, 0.1) is 11.6 Å². The molecule has 8 aromatic carbocycles. The second kappa shape index (κ2) is 31.8. The third-order valence-corrected chi connectivity index (χ3v) is 15.6. The molecule has 10 N–H and O–H groups in total. The predicted octanol–water partition coefficient (Wildman–Crippen LogP) is 20.0. The van der Waals surface area contributed by atoms with Crippen LogP contribution in [-0.4, -0.2) is 13.1 Å². The maximum atomic E-state index is 14.0. The van der Waals surface area contributed by atoms with Crippen LogP contribution >= 0.6 is 0 Å². The smallest absolute Gasteiger partial charge is 0.133 e. The Kier molecular flexibility index (Phi) is 25.3. The molecule has 0 saturated heterocycles. The molecule has 0 fully saturated rings. The van der Waals surface area contributed by atoms with Crippen molar-refractivity contribution in [3.8, 4) is 63.5 Å². The lowest BCUT2D eigenvalue weighted by Crippen LogP contribution is -2.16. The molecule has 0 unspecified atom stereocenters. The van der Waals surface area contributed by atoms with E-state index in [0.29, 0.717) is 28.1 Å². The highest BCUT2D eigenvalue weighted by Crippen LogP contribution is 2.37. The van der Waals surface area contributed by atoms with E-state index < -0.39 is 13.9 Å². The summed E-state index contributed by atoms with van der Waals surface area (Å²) in [6, 6.07) is 50.5. The van der Waals surface area contributed by atoms with Gasteiger partial charge in [-0.3, -0.25) is 0 Å². The molecule has 0 aliphatic rings. The number of nitrogens with two attached hydrogens (primary N) is 5. The van der Waals surface area contributed by atoms with Crippen LogP contribution in [0.15, 0.2) is 176 Å². The number of hydrogen-bond acceptors (Lipinski definition) is 7. The van der Waals surface area contributed by atoms with E-state index in [0.717, 1.165) is 78.4 Å². The van der Waals surface area contributed by atoms with Gasteiger partial charge in [-0.15, -0.1) is 5.54 Å². The number of benzene rings is 8. The van der Waals surface area contributed by atoms with Gasteiger partial charge < -0.3 is 28.7 Å². The van der Waals surface area contributed by atoms with Gasteiger partial charge >= 0.3 is 0 Å². The molecule has 1 heterocycles. The zero-order valence-electron chi connectivity index (χ0n) is 58.5. The molecule has 0 bridgehead atoms. The van der Waals surface area contributed by atoms with E-state index in [1.54, 1.807) is 54.7 Å². The molecule has 12 heteroatoms. The largest absolute Gasteiger partial charge is 0.398 e. The number of rotatable bonds is 2. The van der Waals surface area contributed by atoms with Gasteiger partial charge in [0.15, 0.2) is 0 Å². The summed E-state index contributed by atoms with van der Waals surface area (Å²) in [6.07, 6.45) is 1.74. The van der Waals surface area contributed by atoms with E-state index in [9.17, 15) is 22.8 Å². The van der Waals surface area contributed by atoms with Crippen LogP contribution in [-0.2, 0) is 27.1 Å². The topological polar surface area (TPSA) is 167 Å². The van der Waals surface area contributed by atoms with Gasteiger partial charge in [-0.05, 0) is 217 Å². The lowest BCUT2D eigenvalue weighted by molar-refractivity contribution is 0.586. The average molecular weight is 1290 g/mol. The summed E-state index contributed by atoms with van der Waals surface area (Å²) < 4.78 is 52.8. The summed E-state index contributed by atoms with van der Waals surface area (Å²) in [5.41, 5.74) is 49.6. The van der Waals surface area contributed by atoms with E-state index in [1.165, 1.54) is 48.0 Å². The predicted molar refractivity (Wildman–Crippen MR) is 396 cm³/mol. The quantitative estimate of drug-likeness (QED) is 0.0497. The summed E-state index contributed by atoms with van der Waals surface area (Å²) in [7, 11) is -1.31. The molecule has 0 spiro atoms. The van der Waals surface area contributed by atoms with Crippen LogP contribution in [0.4, 0.5) is 46.0 Å². The lowest BCUT2D eigenvalue weighted by atomic mass is 9.83. The van der Waals surface area contributed by atoms with E-state index >= 15 is 0 Å². The summed E-state index contributed by atoms with van der Waals surface area (Å²) >= 11 is 0. The molecule has 1 aromatic heterocycles. The van der Waals surface area contributed by atoms with Crippen molar-refractivity contribution >= 4 is 36.5 Å². The van der Waals surface area contributed by atoms with Crippen LogP contribution in [0.25, 0.3) is 22.3 Å². The Bertz CT molecular complexity index is 4340. The molecule has 0 atom stereocenters. The van der Waals surface area contributed by atoms with Crippen molar-refractivity contribution in [2.24, 2.45) is 0 Å². The average Bonchev–Trinajstić information content (AvgIpc) is 0.810. The van der Waals surface area contributed by atoms with Gasteiger partial charge in [0, 0.05) is 62.5 Å². The van der Waals surface area contributed by atoms with E-state index in [1.807, 2.05) is 87.5 Å². The number of hydrogen-bond donors (Lipinski definition) is 5. The first-order valence-electron chi connectivity index (χ1n) is 31.4. The van der Waals surface area contributed by atoms with Gasteiger partial charge in [-0.2, -0.15) is 5.26 Å². The normalized spacial score (nSPS) is 11.2. The first-order chi connectivity index (χ1) is 44.0. The Balaban J connectivity index is 0.000000215. The number of aromatic nitrogens is 1. The molecular weight excluding hydrogens is 1200 g/mol. The van der Waals surface area contributed by atoms with Gasteiger partial charge in [-0.1, -0.05) is 178 Å². The van der Waals surface area contributed by atoms with Crippen LogP contribution < -0.4 is 28.7 Å². The highest BCUT2D eigenvalue weighted by atomic mass is 28.3. The summed E-state index contributed by atoms with van der Waals surface area (Å²) in [6.45, 7) is 38.3. The highest BCUT2D eigenvalue weighted by Gasteiger charge is 2.23. The summed E-state index contributed by atoms with van der Waals surface area (Å²) in [5, 5.41) is 9.27.